The molecule has 11 nitrogen and oxygen atoms in total. The number of hydroxylamine groups is 1. The number of amides is 1. The molecule has 0 bridgehead atoms. The Kier molecular flexibility index (Phi) is 8.92. The van der Waals surface area contributed by atoms with E-state index in [4.69, 9.17) is 9.57 Å². The van der Waals surface area contributed by atoms with E-state index in [1.54, 1.807) is 32.0 Å². The molecule has 1 aromatic heterocycles. The van der Waals surface area contributed by atoms with E-state index in [0.717, 1.165) is 17.0 Å². The first kappa shape index (κ1) is 30.5. The topological polar surface area (TPSA) is 152 Å². The van der Waals surface area contributed by atoms with E-state index >= 15 is 4.39 Å². The number of rotatable bonds is 10. The predicted octanol–water partition coefficient (Wildman–Crippen LogP) is 4.80. The average molecular weight is 604 g/mol. The Labute approximate surface area is 247 Å². The van der Waals surface area contributed by atoms with Gasteiger partial charge in [-0.1, -0.05) is 30.8 Å². The van der Waals surface area contributed by atoms with Crippen molar-refractivity contribution in [3.63, 3.8) is 0 Å². The van der Waals surface area contributed by atoms with E-state index in [-0.39, 0.29) is 45.6 Å². The Morgan fingerprint density at radius 2 is 1.86 bits per heavy atom. The first-order valence-corrected chi connectivity index (χ1v) is 14.6. The van der Waals surface area contributed by atoms with Gasteiger partial charge in [-0.25, -0.2) is 27.8 Å². The van der Waals surface area contributed by atoms with Gasteiger partial charge in [0.05, 0.1) is 28.4 Å². The van der Waals surface area contributed by atoms with Gasteiger partial charge in [0.1, 0.15) is 17.6 Å². The van der Waals surface area contributed by atoms with Crippen LogP contribution in [0.1, 0.15) is 40.4 Å². The lowest BCUT2D eigenvalue weighted by atomic mass is 10.0. The highest BCUT2D eigenvalue weighted by Gasteiger charge is 2.23. The molecule has 3 aromatic carbocycles. The molecule has 0 fully saturated rings. The second-order valence-corrected chi connectivity index (χ2v) is 11.2. The fraction of sp³-hybridized carbons (Fsp3) is 0.133. The van der Waals surface area contributed by atoms with Crippen molar-refractivity contribution in [1.82, 2.24) is 15.3 Å². The second-order valence-electron chi connectivity index (χ2n) is 9.24. The van der Waals surface area contributed by atoms with E-state index in [0.29, 0.717) is 16.8 Å². The maximum absolute atomic E-state index is 15.2. The second kappa shape index (κ2) is 12.6. The predicted molar refractivity (Wildman–Crippen MR) is 156 cm³/mol. The van der Waals surface area contributed by atoms with Crippen molar-refractivity contribution >= 4 is 27.4 Å². The SMILES string of the molecule is C=C(C)NOc1ccc(-n2nc(C(=O)OCC)cc2C(=O)Nc2ccc(-c3ccccc3S(C)(=O)=O)cc2F)cc1C#N. The van der Waals surface area contributed by atoms with Crippen LogP contribution in [0.3, 0.4) is 0 Å². The van der Waals surface area contributed by atoms with Gasteiger partial charge in [-0.2, -0.15) is 10.4 Å². The molecule has 4 aromatic rings. The first-order valence-electron chi connectivity index (χ1n) is 12.7. The van der Waals surface area contributed by atoms with E-state index < -0.39 is 27.5 Å². The van der Waals surface area contributed by atoms with Crippen molar-refractivity contribution in [2.45, 2.75) is 18.7 Å². The lowest BCUT2D eigenvalue weighted by Gasteiger charge is -2.13. The van der Waals surface area contributed by atoms with Crippen LogP contribution in [-0.4, -0.2) is 42.9 Å². The number of carbonyl (C=O) groups excluding carboxylic acids is 2. The number of nitrogens with zero attached hydrogens (tertiary/aromatic N) is 3. The van der Waals surface area contributed by atoms with Crippen molar-refractivity contribution in [2.75, 3.05) is 18.2 Å². The monoisotopic (exact) mass is 603 g/mol. The normalized spacial score (nSPS) is 10.9. The highest BCUT2D eigenvalue weighted by atomic mass is 32.2. The molecule has 0 aliphatic heterocycles. The maximum atomic E-state index is 15.2. The molecule has 0 atom stereocenters. The van der Waals surface area contributed by atoms with Crippen LogP contribution in [0.4, 0.5) is 10.1 Å². The molecule has 0 radical (unpaired) electrons. The van der Waals surface area contributed by atoms with Crippen LogP contribution in [-0.2, 0) is 14.6 Å². The van der Waals surface area contributed by atoms with Crippen molar-refractivity contribution in [3.8, 4) is 28.6 Å². The number of hydrogen-bond acceptors (Lipinski definition) is 9. The number of halogens is 1. The van der Waals surface area contributed by atoms with Crippen LogP contribution >= 0.6 is 0 Å². The highest BCUT2D eigenvalue weighted by Crippen LogP contribution is 2.30. The zero-order valence-corrected chi connectivity index (χ0v) is 24.2. The number of nitrogens with one attached hydrogen (secondary N) is 2. The standard InChI is InChI=1S/C30H26FN5O6S/c1-5-41-30(38)25-16-26(36(34-25)21-11-13-27(20(14-21)17-32)42-35-18(2)3)29(37)33-24-12-10-19(15-23(24)31)22-8-6-7-9-28(22)43(4,39)40/h6-16,35H,2,5H2,1,3-4H3,(H,33,37). The molecule has 0 saturated heterocycles. The van der Waals surface area contributed by atoms with Crippen LogP contribution < -0.4 is 15.6 Å². The Bertz CT molecular complexity index is 1900. The third-order valence-electron chi connectivity index (χ3n) is 5.90. The van der Waals surface area contributed by atoms with Gasteiger partial charge in [0.15, 0.2) is 21.3 Å². The largest absolute Gasteiger partial charge is 0.461 e. The number of aromatic nitrogens is 2. The smallest absolute Gasteiger partial charge is 0.358 e. The summed E-state index contributed by atoms with van der Waals surface area (Å²) in [5.74, 6) is -2.27. The van der Waals surface area contributed by atoms with Gasteiger partial charge in [-0.3, -0.25) is 4.79 Å². The number of hydrogen-bond donors (Lipinski definition) is 2. The summed E-state index contributed by atoms with van der Waals surface area (Å²) in [5.41, 5.74) is 3.41. The summed E-state index contributed by atoms with van der Waals surface area (Å²) < 4.78 is 45.8. The van der Waals surface area contributed by atoms with Crippen LogP contribution in [0, 0.1) is 17.1 Å². The summed E-state index contributed by atoms with van der Waals surface area (Å²) in [6.45, 7) is 7.00. The molecule has 0 spiro atoms. The minimum Gasteiger partial charge on any atom is -0.461 e. The van der Waals surface area contributed by atoms with E-state index in [1.807, 2.05) is 6.07 Å². The molecular weight excluding hydrogens is 577 g/mol. The van der Waals surface area contributed by atoms with Gasteiger partial charge in [0.2, 0.25) is 0 Å². The molecule has 1 heterocycles. The van der Waals surface area contributed by atoms with Crippen molar-refractivity contribution < 1.29 is 32.0 Å². The highest BCUT2D eigenvalue weighted by molar-refractivity contribution is 7.90. The number of nitriles is 1. The quantitative estimate of drug-likeness (QED) is 0.192. The molecule has 13 heteroatoms. The summed E-state index contributed by atoms with van der Waals surface area (Å²) in [4.78, 5) is 31.3. The molecule has 1 amide bonds. The average Bonchev–Trinajstić information content (AvgIpc) is 3.43. The Hall–Kier alpha value is -5.48. The van der Waals surface area contributed by atoms with E-state index in [9.17, 15) is 23.3 Å². The molecule has 2 N–H and O–H groups in total. The minimum atomic E-state index is -3.59. The van der Waals surface area contributed by atoms with Crippen LogP contribution in [0.2, 0.25) is 0 Å². The Balaban J connectivity index is 1.71. The van der Waals surface area contributed by atoms with Gasteiger partial charge in [0.25, 0.3) is 5.91 Å². The summed E-state index contributed by atoms with van der Waals surface area (Å²) in [6.07, 6.45) is 1.06. The first-order chi connectivity index (χ1) is 20.4. The third kappa shape index (κ3) is 6.88. The van der Waals surface area contributed by atoms with E-state index in [2.05, 4.69) is 22.5 Å². The van der Waals surface area contributed by atoms with Crippen LogP contribution in [0.15, 0.2) is 83.9 Å². The number of benzene rings is 3. The number of carbonyl (C=O) groups is 2. The maximum Gasteiger partial charge on any atom is 0.358 e. The summed E-state index contributed by atoms with van der Waals surface area (Å²) in [7, 11) is -3.59. The fourth-order valence-electron chi connectivity index (χ4n) is 4.01. The molecular formula is C30H26FN5O6S. The van der Waals surface area contributed by atoms with Crippen molar-refractivity contribution in [1.29, 1.82) is 5.26 Å². The molecule has 4 rings (SSSR count). The third-order valence-corrected chi connectivity index (χ3v) is 7.06. The molecule has 43 heavy (non-hydrogen) atoms. The van der Waals surface area contributed by atoms with E-state index in [1.165, 1.54) is 42.5 Å². The van der Waals surface area contributed by atoms with Gasteiger partial charge < -0.3 is 14.9 Å². The van der Waals surface area contributed by atoms with Gasteiger partial charge in [-0.15, -0.1) is 0 Å². The van der Waals surface area contributed by atoms with Crippen LogP contribution in [0.25, 0.3) is 16.8 Å². The molecule has 0 unspecified atom stereocenters. The number of ether oxygens (including phenoxy) is 1. The van der Waals surface area contributed by atoms with Crippen molar-refractivity contribution in [3.05, 3.63) is 102 Å². The van der Waals surface area contributed by atoms with Gasteiger partial charge in [0, 0.05) is 23.6 Å². The molecule has 0 aliphatic carbocycles. The minimum absolute atomic E-state index is 0.0325. The summed E-state index contributed by atoms with van der Waals surface area (Å²) in [6, 6.07) is 17.6. The molecule has 220 valence electrons. The molecule has 0 saturated carbocycles. The Morgan fingerprint density at radius 3 is 2.51 bits per heavy atom. The zero-order chi connectivity index (χ0) is 31.3. The van der Waals surface area contributed by atoms with Crippen molar-refractivity contribution in [2.24, 2.45) is 0 Å². The lowest BCUT2D eigenvalue weighted by Crippen LogP contribution is -2.18. The number of anilines is 1. The number of allylic oxidation sites excluding steroid dienone is 1. The number of esters is 1. The zero-order valence-electron chi connectivity index (χ0n) is 23.3. The summed E-state index contributed by atoms with van der Waals surface area (Å²) >= 11 is 0. The fourth-order valence-corrected chi connectivity index (χ4v) is 4.92. The van der Waals surface area contributed by atoms with Gasteiger partial charge >= 0.3 is 5.97 Å². The molecule has 0 aliphatic rings. The van der Waals surface area contributed by atoms with Crippen LogP contribution in [0.5, 0.6) is 5.75 Å². The summed E-state index contributed by atoms with van der Waals surface area (Å²) in [5, 5.41) is 16.3. The Morgan fingerprint density at radius 1 is 1.12 bits per heavy atom. The number of sulfone groups is 1. The van der Waals surface area contributed by atoms with Gasteiger partial charge in [-0.05, 0) is 55.8 Å². The lowest BCUT2D eigenvalue weighted by molar-refractivity contribution is 0.0519.